The van der Waals surface area contributed by atoms with Crippen LogP contribution >= 0.6 is 0 Å². The van der Waals surface area contributed by atoms with Crippen LogP contribution in [0.25, 0.3) is 0 Å². The number of Topliss-reactive ketones (excluding diaryl/α,β-unsaturated/α-hetero) is 1. The highest BCUT2D eigenvalue weighted by Crippen LogP contribution is 2.36. The summed E-state index contributed by atoms with van der Waals surface area (Å²) in [7, 11) is 0. The lowest BCUT2D eigenvalue weighted by molar-refractivity contribution is 0.0864. The van der Waals surface area contributed by atoms with E-state index in [1.807, 2.05) is 13.0 Å². The minimum Gasteiger partial charge on any atom is -0.494 e. The lowest BCUT2D eigenvalue weighted by Gasteiger charge is -2.28. The van der Waals surface area contributed by atoms with Gasteiger partial charge in [-0.15, -0.1) is 0 Å². The minimum absolute atomic E-state index is 0.0563. The highest BCUT2D eigenvalue weighted by molar-refractivity contribution is 6.01. The third kappa shape index (κ3) is 5.48. The molecule has 0 aromatic carbocycles. The van der Waals surface area contributed by atoms with Crippen molar-refractivity contribution in [1.29, 1.82) is 5.26 Å². The second-order valence-corrected chi connectivity index (χ2v) is 8.04. The number of aromatic nitrogens is 1. The van der Waals surface area contributed by atoms with Crippen LogP contribution in [0.5, 0.6) is 5.88 Å². The van der Waals surface area contributed by atoms with Crippen LogP contribution in [0, 0.1) is 30.1 Å². The molecule has 1 aromatic rings. The number of unbranched alkanes of at least 4 members (excludes halogenated alkanes) is 1. The fraction of sp³-hybridized carbons (Fsp3) is 0.696. The second-order valence-electron chi connectivity index (χ2n) is 8.04. The number of nitrogens with zero attached hydrogens (tertiary/aromatic N) is 2. The van der Waals surface area contributed by atoms with Crippen LogP contribution in [0.2, 0.25) is 0 Å². The summed E-state index contributed by atoms with van der Waals surface area (Å²) in [6, 6.07) is 1.93. The number of hydrogen-bond acceptors (Lipinski definition) is 5. The molecule has 29 heavy (non-hydrogen) atoms. The Morgan fingerprint density at radius 2 is 1.93 bits per heavy atom. The van der Waals surface area contributed by atoms with E-state index in [1.165, 1.54) is 19.3 Å². The first-order valence-electron chi connectivity index (χ1n) is 10.9. The average molecular weight is 403 g/mol. The number of aromatic hydroxyl groups is 1. The van der Waals surface area contributed by atoms with Gasteiger partial charge in [-0.05, 0) is 57.4 Å². The van der Waals surface area contributed by atoms with Gasteiger partial charge in [0.2, 0.25) is 5.88 Å². The molecule has 1 saturated carbocycles. The zero-order chi connectivity index (χ0) is 21.4. The van der Waals surface area contributed by atoms with Gasteiger partial charge >= 0.3 is 0 Å². The Hall–Kier alpha value is -2.13. The molecule has 0 radical (unpaired) electrons. The fourth-order valence-electron chi connectivity index (χ4n) is 4.33. The molecule has 1 aliphatic carbocycles. The number of carbonyl (C=O) groups is 1. The van der Waals surface area contributed by atoms with Gasteiger partial charge in [0.05, 0.1) is 5.56 Å². The maximum absolute atomic E-state index is 13.3. The molecule has 1 heterocycles. The van der Waals surface area contributed by atoms with Crippen molar-refractivity contribution in [3.05, 3.63) is 27.0 Å². The van der Waals surface area contributed by atoms with Crippen molar-refractivity contribution in [3.8, 4) is 11.9 Å². The summed E-state index contributed by atoms with van der Waals surface area (Å²) in [5, 5.41) is 20.3. The normalized spacial score (nSPS) is 19.1. The molecule has 6 heteroatoms. The molecular formula is C23H34N2O4. The monoisotopic (exact) mass is 402 g/mol. The predicted molar refractivity (Wildman–Crippen MR) is 112 cm³/mol. The maximum atomic E-state index is 13.3. The molecule has 1 fully saturated rings. The molecule has 0 atom stereocenters. The quantitative estimate of drug-likeness (QED) is 0.464. The lowest BCUT2D eigenvalue weighted by atomic mass is 9.76. The van der Waals surface area contributed by atoms with E-state index in [2.05, 4.69) is 6.92 Å². The van der Waals surface area contributed by atoms with E-state index in [0.717, 1.165) is 30.3 Å². The number of ether oxygens (including phenoxy) is 1. The van der Waals surface area contributed by atoms with Gasteiger partial charge in [0.15, 0.2) is 5.78 Å². The van der Waals surface area contributed by atoms with Crippen LogP contribution in [0.3, 0.4) is 0 Å². The van der Waals surface area contributed by atoms with E-state index >= 15 is 0 Å². The largest absolute Gasteiger partial charge is 0.494 e. The molecule has 1 N–H and O–H groups in total. The summed E-state index contributed by atoms with van der Waals surface area (Å²) in [6.07, 6.45) is 7.80. The molecule has 0 amide bonds. The number of nitriles is 1. The van der Waals surface area contributed by atoms with Gasteiger partial charge in [-0.25, -0.2) is 0 Å². The van der Waals surface area contributed by atoms with Crippen molar-refractivity contribution in [3.63, 3.8) is 0 Å². The average Bonchev–Trinajstić information content (AvgIpc) is 2.72. The van der Waals surface area contributed by atoms with E-state index < -0.39 is 5.56 Å². The molecule has 2 rings (SSSR count). The van der Waals surface area contributed by atoms with Crippen LogP contribution in [0.4, 0.5) is 0 Å². The zero-order valence-electron chi connectivity index (χ0n) is 18.0. The summed E-state index contributed by atoms with van der Waals surface area (Å²) in [5.41, 5.74) is -0.151. The van der Waals surface area contributed by atoms with E-state index in [4.69, 9.17) is 4.74 Å². The topological polar surface area (TPSA) is 92.3 Å². The number of ketones is 1. The van der Waals surface area contributed by atoms with Crippen molar-refractivity contribution in [2.75, 3.05) is 13.2 Å². The van der Waals surface area contributed by atoms with E-state index in [9.17, 15) is 20.0 Å². The van der Waals surface area contributed by atoms with Crippen LogP contribution in [-0.2, 0) is 11.3 Å². The lowest BCUT2D eigenvalue weighted by Crippen LogP contribution is -2.29. The van der Waals surface area contributed by atoms with Crippen molar-refractivity contribution < 1.29 is 14.6 Å². The third-order valence-corrected chi connectivity index (χ3v) is 6.10. The molecular weight excluding hydrogens is 368 g/mol. The maximum Gasteiger partial charge on any atom is 0.271 e. The summed E-state index contributed by atoms with van der Waals surface area (Å²) in [4.78, 5) is 25.9. The Bertz CT molecular complexity index is 799. The van der Waals surface area contributed by atoms with Crippen LogP contribution < -0.4 is 5.56 Å². The van der Waals surface area contributed by atoms with Crippen molar-refractivity contribution in [2.45, 2.75) is 78.7 Å². The Balaban J connectivity index is 2.26. The Morgan fingerprint density at radius 1 is 1.24 bits per heavy atom. The fourth-order valence-corrected chi connectivity index (χ4v) is 4.33. The van der Waals surface area contributed by atoms with Crippen LogP contribution in [0.15, 0.2) is 4.79 Å². The van der Waals surface area contributed by atoms with E-state index in [0.29, 0.717) is 31.1 Å². The Kier molecular flexibility index (Phi) is 8.91. The SMILES string of the molecule is CCCCC1CCC(C(=O)c2c(C)c(C#N)c(=O)n(CCCOCC)c2O)CC1. The highest BCUT2D eigenvalue weighted by Gasteiger charge is 2.31. The zero-order valence-corrected chi connectivity index (χ0v) is 18.0. The molecule has 0 saturated heterocycles. The standard InChI is InChI=1S/C23H34N2O4/c1-4-6-8-17-9-11-18(12-10-17)21(26)20-16(3)19(15-24)22(27)25(23(20)28)13-7-14-29-5-2/h17-18,28H,4-14H2,1-3H3. The molecule has 0 spiro atoms. The summed E-state index contributed by atoms with van der Waals surface area (Å²) < 4.78 is 6.45. The molecule has 160 valence electrons. The number of pyridine rings is 1. The number of carbonyl (C=O) groups excluding carboxylic acids is 1. The number of hydrogen-bond donors (Lipinski definition) is 1. The summed E-state index contributed by atoms with van der Waals surface area (Å²) in [6.45, 7) is 6.90. The van der Waals surface area contributed by atoms with E-state index in [-0.39, 0.29) is 35.3 Å². The van der Waals surface area contributed by atoms with Gasteiger partial charge in [-0.2, -0.15) is 5.26 Å². The second kappa shape index (κ2) is 11.2. The third-order valence-electron chi connectivity index (χ3n) is 6.10. The Labute approximate surface area is 173 Å². The van der Waals surface area contributed by atoms with Crippen LogP contribution in [-0.4, -0.2) is 28.7 Å². The van der Waals surface area contributed by atoms with Gasteiger partial charge in [-0.3, -0.25) is 14.2 Å². The molecule has 0 unspecified atom stereocenters. The predicted octanol–water partition coefficient (Wildman–Crippen LogP) is 4.34. The molecule has 0 bridgehead atoms. The van der Waals surface area contributed by atoms with Gasteiger partial charge in [0.1, 0.15) is 11.6 Å². The highest BCUT2D eigenvalue weighted by atomic mass is 16.5. The Morgan fingerprint density at radius 3 is 2.52 bits per heavy atom. The van der Waals surface area contributed by atoms with E-state index in [1.54, 1.807) is 6.92 Å². The smallest absolute Gasteiger partial charge is 0.271 e. The first-order valence-corrected chi connectivity index (χ1v) is 10.9. The van der Waals surface area contributed by atoms with Crippen molar-refractivity contribution in [2.24, 2.45) is 11.8 Å². The van der Waals surface area contributed by atoms with Crippen molar-refractivity contribution >= 4 is 5.78 Å². The molecule has 1 aliphatic rings. The molecule has 6 nitrogen and oxygen atoms in total. The summed E-state index contributed by atoms with van der Waals surface area (Å²) >= 11 is 0. The minimum atomic E-state index is -0.543. The summed E-state index contributed by atoms with van der Waals surface area (Å²) in [5.74, 6) is 0.0828. The molecule has 0 aliphatic heterocycles. The van der Waals surface area contributed by atoms with Gasteiger partial charge < -0.3 is 9.84 Å². The van der Waals surface area contributed by atoms with Gasteiger partial charge in [-0.1, -0.05) is 26.2 Å². The first-order chi connectivity index (χ1) is 14.0. The van der Waals surface area contributed by atoms with Gasteiger partial charge in [0, 0.05) is 25.7 Å². The first kappa shape index (κ1) is 23.2. The van der Waals surface area contributed by atoms with Crippen LogP contribution in [0.1, 0.15) is 86.7 Å². The van der Waals surface area contributed by atoms with Gasteiger partial charge in [0.25, 0.3) is 5.56 Å². The number of rotatable bonds is 10. The van der Waals surface area contributed by atoms with Crippen molar-refractivity contribution in [1.82, 2.24) is 4.57 Å². The molecule has 1 aromatic heterocycles.